The predicted octanol–water partition coefficient (Wildman–Crippen LogP) is 1.69. The average Bonchev–Trinajstić information content (AvgIpc) is 2.48. The molecule has 1 fully saturated rings. The molecule has 1 unspecified atom stereocenters. The first-order chi connectivity index (χ1) is 9.72. The van der Waals surface area contributed by atoms with Crippen LogP contribution in [0.5, 0.6) is 0 Å². The van der Waals surface area contributed by atoms with E-state index < -0.39 is 0 Å². The van der Waals surface area contributed by atoms with E-state index in [0.29, 0.717) is 11.8 Å². The molecule has 1 atom stereocenters. The van der Waals surface area contributed by atoms with Gasteiger partial charge in [0.1, 0.15) is 5.82 Å². The van der Waals surface area contributed by atoms with Crippen molar-refractivity contribution < 1.29 is 0 Å². The Hall–Kier alpha value is -1.30. The molecule has 20 heavy (non-hydrogen) atoms. The number of aliphatic imine (C=N–C) groups is 1. The quantitative estimate of drug-likeness (QED) is 0.679. The van der Waals surface area contributed by atoms with E-state index in [1.807, 2.05) is 20.0 Å². The third kappa shape index (κ3) is 4.10. The van der Waals surface area contributed by atoms with Crippen molar-refractivity contribution in [3.63, 3.8) is 0 Å². The molecule has 110 valence electrons. The summed E-state index contributed by atoms with van der Waals surface area (Å²) >= 11 is 2.07. The molecule has 0 aliphatic carbocycles. The largest absolute Gasteiger partial charge is 0.351 e. The lowest BCUT2D eigenvalue weighted by Crippen LogP contribution is -2.47. The second-order valence-electron chi connectivity index (χ2n) is 4.84. The Labute approximate surface area is 125 Å². The highest BCUT2D eigenvalue weighted by molar-refractivity contribution is 8.00. The van der Waals surface area contributed by atoms with Gasteiger partial charge >= 0.3 is 0 Å². The van der Waals surface area contributed by atoms with Gasteiger partial charge in [-0.15, -0.1) is 0 Å². The number of guanidine groups is 1. The Morgan fingerprint density at radius 2 is 2.45 bits per heavy atom. The normalized spacial score (nSPS) is 20.1. The molecule has 2 rings (SSSR count). The van der Waals surface area contributed by atoms with E-state index in [1.165, 1.54) is 12.2 Å². The van der Waals surface area contributed by atoms with Gasteiger partial charge in [-0.25, -0.2) is 9.97 Å². The van der Waals surface area contributed by atoms with Gasteiger partial charge in [0.2, 0.25) is 0 Å². The minimum atomic E-state index is 0.691. The zero-order valence-electron chi connectivity index (χ0n) is 12.5. The van der Waals surface area contributed by atoms with E-state index in [9.17, 15) is 0 Å². The number of rotatable bonds is 3. The van der Waals surface area contributed by atoms with E-state index in [2.05, 4.69) is 43.9 Å². The maximum absolute atomic E-state index is 4.40. The van der Waals surface area contributed by atoms with Crippen LogP contribution in [0.25, 0.3) is 0 Å². The van der Waals surface area contributed by atoms with Crippen molar-refractivity contribution in [2.24, 2.45) is 4.99 Å². The van der Waals surface area contributed by atoms with Crippen LogP contribution in [-0.2, 0) is 6.54 Å². The fourth-order valence-corrected chi connectivity index (χ4v) is 3.44. The summed E-state index contributed by atoms with van der Waals surface area (Å²) in [5.74, 6) is 2.95. The number of thioether (sulfide) groups is 1. The van der Waals surface area contributed by atoms with Gasteiger partial charge in [0.15, 0.2) is 5.96 Å². The maximum atomic E-state index is 4.40. The van der Waals surface area contributed by atoms with Crippen LogP contribution in [0, 0.1) is 6.92 Å². The van der Waals surface area contributed by atoms with Crippen LogP contribution >= 0.6 is 11.8 Å². The summed E-state index contributed by atoms with van der Waals surface area (Å²) in [5.41, 5.74) is 0.997. The fraction of sp³-hybridized carbons (Fsp3) is 0.643. The van der Waals surface area contributed by atoms with Crippen molar-refractivity contribution >= 4 is 17.7 Å². The van der Waals surface area contributed by atoms with Crippen molar-refractivity contribution in [3.05, 3.63) is 23.8 Å². The number of nitrogens with one attached hydrogen (secondary N) is 1. The van der Waals surface area contributed by atoms with Gasteiger partial charge in [0.05, 0.1) is 12.2 Å². The zero-order chi connectivity index (χ0) is 14.4. The summed E-state index contributed by atoms with van der Waals surface area (Å²) in [5, 5.41) is 4.12. The Balaban J connectivity index is 1.92. The molecule has 1 aromatic rings. The summed E-state index contributed by atoms with van der Waals surface area (Å²) in [6, 6.07) is 1.94. The Bertz CT molecular complexity index is 463. The van der Waals surface area contributed by atoms with Gasteiger partial charge in [-0.2, -0.15) is 11.8 Å². The van der Waals surface area contributed by atoms with E-state index in [1.54, 1.807) is 6.20 Å². The molecular weight excluding hydrogens is 270 g/mol. The Morgan fingerprint density at radius 3 is 3.15 bits per heavy atom. The minimum absolute atomic E-state index is 0.691. The van der Waals surface area contributed by atoms with E-state index in [-0.39, 0.29) is 0 Å². The molecule has 0 saturated carbocycles. The lowest BCUT2D eigenvalue weighted by atomic mass is 10.3. The van der Waals surface area contributed by atoms with Crippen molar-refractivity contribution in [1.82, 2.24) is 20.2 Å². The first kappa shape index (κ1) is 15.1. The number of aromatic nitrogens is 2. The van der Waals surface area contributed by atoms with E-state index in [0.717, 1.165) is 30.6 Å². The lowest BCUT2D eigenvalue weighted by Gasteiger charge is -2.34. The second-order valence-corrected chi connectivity index (χ2v) is 6.25. The van der Waals surface area contributed by atoms with Gasteiger partial charge in [-0.1, -0.05) is 6.92 Å². The molecule has 1 saturated heterocycles. The molecule has 0 radical (unpaired) electrons. The van der Waals surface area contributed by atoms with Crippen LogP contribution in [0.3, 0.4) is 0 Å². The summed E-state index contributed by atoms with van der Waals surface area (Å²) < 4.78 is 0. The van der Waals surface area contributed by atoms with Gasteiger partial charge in [0, 0.05) is 37.3 Å². The van der Waals surface area contributed by atoms with Crippen LogP contribution in [0.4, 0.5) is 0 Å². The Morgan fingerprint density at radius 1 is 1.60 bits per heavy atom. The third-order valence-electron chi connectivity index (χ3n) is 3.37. The van der Waals surface area contributed by atoms with E-state index >= 15 is 0 Å². The van der Waals surface area contributed by atoms with Gasteiger partial charge < -0.3 is 10.2 Å². The van der Waals surface area contributed by atoms with Gasteiger partial charge in [0.25, 0.3) is 0 Å². The predicted molar refractivity (Wildman–Crippen MR) is 85.1 cm³/mol. The first-order valence-electron chi connectivity index (χ1n) is 7.08. The number of nitrogens with zero attached hydrogens (tertiary/aromatic N) is 4. The molecule has 0 aromatic carbocycles. The van der Waals surface area contributed by atoms with Crippen molar-refractivity contribution in [3.8, 4) is 0 Å². The highest BCUT2D eigenvalue weighted by atomic mass is 32.2. The molecular formula is C14H23N5S. The van der Waals surface area contributed by atoms with Crippen molar-refractivity contribution in [2.75, 3.05) is 25.9 Å². The molecule has 2 heterocycles. The van der Waals surface area contributed by atoms with Crippen LogP contribution in [0.2, 0.25) is 0 Å². The first-order valence-corrected chi connectivity index (χ1v) is 8.13. The molecule has 1 N–H and O–H groups in total. The van der Waals surface area contributed by atoms with Gasteiger partial charge in [-0.3, -0.25) is 4.99 Å². The number of hydrogen-bond acceptors (Lipinski definition) is 4. The van der Waals surface area contributed by atoms with Crippen LogP contribution < -0.4 is 5.32 Å². The van der Waals surface area contributed by atoms with Crippen molar-refractivity contribution in [2.45, 2.75) is 32.1 Å². The SMILES string of the molecule is CCC1CN(C(=NC)NCc2ccnc(C)n2)CCS1. The summed E-state index contributed by atoms with van der Waals surface area (Å²) in [7, 11) is 1.84. The molecule has 0 spiro atoms. The second kappa shape index (κ2) is 7.47. The summed E-state index contributed by atoms with van der Waals surface area (Å²) in [6.07, 6.45) is 3.01. The summed E-state index contributed by atoms with van der Waals surface area (Å²) in [4.78, 5) is 15.3. The molecule has 5 nitrogen and oxygen atoms in total. The van der Waals surface area contributed by atoms with Crippen LogP contribution in [-0.4, -0.2) is 52.0 Å². The maximum Gasteiger partial charge on any atom is 0.194 e. The highest BCUT2D eigenvalue weighted by Gasteiger charge is 2.21. The molecule has 0 amide bonds. The smallest absolute Gasteiger partial charge is 0.194 e. The van der Waals surface area contributed by atoms with Crippen molar-refractivity contribution in [1.29, 1.82) is 0 Å². The molecule has 1 aliphatic heterocycles. The fourth-order valence-electron chi connectivity index (χ4n) is 2.26. The zero-order valence-corrected chi connectivity index (χ0v) is 13.3. The molecule has 1 aliphatic rings. The standard InChI is InChI=1S/C14H23N5S/c1-4-13-10-19(7-8-20-13)14(15-3)17-9-12-5-6-16-11(2)18-12/h5-6,13H,4,7-10H2,1-3H3,(H,15,17). The summed E-state index contributed by atoms with van der Waals surface area (Å²) in [6.45, 7) is 6.98. The minimum Gasteiger partial charge on any atom is -0.351 e. The topological polar surface area (TPSA) is 53.4 Å². The molecule has 1 aromatic heterocycles. The lowest BCUT2D eigenvalue weighted by molar-refractivity contribution is 0.407. The van der Waals surface area contributed by atoms with E-state index in [4.69, 9.17) is 0 Å². The van der Waals surface area contributed by atoms with Gasteiger partial charge in [-0.05, 0) is 19.4 Å². The highest BCUT2D eigenvalue weighted by Crippen LogP contribution is 2.20. The molecule has 0 bridgehead atoms. The third-order valence-corrected chi connectivity index (χ3v) is 4.74. The monoisotopic (exact) mass is 293 g/mol. The Kier molecular flexibility index (Phi) is 5.64. The van der Waals surface area contributed by atoms with Crippen LogP contribution in [0.1, 0.15) is 24.9 Å². The van der Waals surface area contributed by atoms with Crippen LogP contribution in [0.15, 0.2) is 17.3 Å². The average molecular weight is 293 g/mol. The number of aryl methyl sites for hydroxylation is 1. The number of hydrogen-bond donors (Lipinski definition) is 1. The molecule has 6 heteroatoms.